The lowest BCUT2D eigenvalue weighted by Crippen LogP contribution is -2.38. The molecule has 282 valence electrons. The van der Waals surface area contributed by atoms with Crippen molar-refractivity contribution in [3.63, 3.8) is 0 Å². The lowest BCUT2D eigenvalue weighted by Gasteiger charge is -2.41. The fourth-order valence-electron chi connectivity index (χ4n) is 7.82. The molecule has 2 unspecified atom stereocenters. The average Bonchev–Trinajstić information content (AvgIpc) is 3.73. The van der Waals surface area contributed by atoms with Gasteiger partial charge in [-0.15, -0.1) is 23.1 Å². The van der Waals surface area contributed by atoms with E-state index in [2.05, 4.69) is 0 Å². The van der Waals surface area contributed by atoms with Crippen LogP contribution in [0.3, 0.4) is 0 Å². The first-order chi connectivity index (χ1) is 26.4. The molecule has 2 aliphatic heterocycles. The van der Waals surface area contributed by atoms with E-state index in [-0.39, 0.29) is 39.9 Å². The van der Waals surface area contributed by atoms with Gasteiger partial charge in [-0.1, -0.05) is 18.2 Å². The van der Waals surface area contributed by atoms with E-state index in [0.717, 1.165) is 28.2 Å². The van der Waals surface area contributed by atoms with Crippen molar-refractivity contribution in [2.24, 2.45) is 17.6 Å². The van der Waals surface area contributed by atoms with E-state index in [1.54, 1.807) is 0 Å². The summed E-state index contributed by atoms with van der Waals surface area (Å²) in [5.74, 6) is -6.99. The first kappa shape index (κ1) is 36.1. The minimum Gasteiger partial charge on any atom is -0.481 e. The molecule has 1 aromatic heterocycles. The summed E-state index contributed by atoms with van der Waals surface area (Å²) in [6.45, 7) is 7.34. The molecule has 3 heterocycles. The van der Waals surface area contributed by atoms with Gasteiger partial charge in [0.1, 0.15) is 56.7 Å². The standard InChI is InChI=1S/C42H28F4N2O6S2/c1-41(2)39(47)37(55-6-5-20-21-11-18(43)13-26(45)31(21)35(51)33(20)49)24-7-16-10-29-25(8-17(16)9-28(24)53-41)38-40(42(3,4)54-29)48-30(56-38)15-23-22-12-19(44)14-27(46)32(22)36(52)34(23)50/h5,7-17H,6,47H2,1-4H3/b20-5-,23-15-. The van der Waals surface area contributed by atoms with Crippen LogP contribution in [0.25, 0.3) is 22.8 Å². The highest BCUT2D eigenvalue weighted by molar-refractivity contribution is 8.03. The summed E-state index contributed by atoms with van der Waals surface area (Å²) in [6.07, 6.45) is 10.9. The van der Waals surface area contributed by atoms with Crippen molar-refractivity contribution in [3.8, 4) is 0 Å². The number of hydrogen-bond acceptors (Lipinski definition) is 10. The fourth-order valence-corrected chi connectivity index (χ4v) is 10.1. The molecule has 2 aromatic carbocycles. The molecule has 3 aromatic rings. The smallest absolute Gasteiger partial charge is 0.237 e. The normalized spacial score (nSPS) is 24.0. The van der Waals surface area contributed by atoms with E-state index in [0.29, 0.717) is 45.0 Å². The number of carbonyl (C=O) groups is 4. The van der Waals surface area contributed by atoms with Crippen molar-refractivity contribution < 1.29 is 46.2 Å². The topological polar surface area (TPSA) is 126 Å². The number of benzene rings is 2. The molecule has 0 bridgehead atoms. The minimum atomic E-state index is -1.10. The molecular formula is C42H28F4N2O6S2. The van der Waals surface area contributed by atoms with Crippen molar-refractivity contribution >= 4 is 69.0 Å². The number of nitrogens with zero attached hydrogens (tertiary/aromatic N) is 1. The van der Waals surface area contributed by atoms with Crippen molar-refractivity contribution in [1.29, 1.82) is 0 Å². The minimum absolute atomic E-state index is 0.0701. The highest BCUT2D eigenvalue weighted by Crippen LogP contribution is 2.53. The van der Waals surface area contributed by atoms with Gasteiger partial charge in [0, 0.05) is 68.0 Å². The monoisotopic (exact) mass is 796 g/mol. The molecule has 0 amide bonds. The lowest BCUT2D eigenvalue weighted by atomic mass is 9.77. The summed E-state index contributed by atoms with van der Waals surface area (Å²) < 4.78 is 70.2. The molecule has 6 aliphatic rings. The maximum Gasteiger partial charge on any atom is 0.237 e. The van der Waals surface area contributed by atoms with Gasteiger partial charge in [-0.25, -0.2) is 22.5 Å². The summed E-state index contributed by atoms with van der Waals surface area (Å²) in [5.41, 5.74) is 6.05. The molecule has 2 N–H and O–H groups in total. The van der Waals surface area contributed by atoms with Crippen LogP contribution in [0.5, 0.6) is 0 Å². The van der Waals surface area contributed by atoms with Crippen LogP contribution in [0.2, 0.25) is 0 Å². The molecule has 4 aliphatic carbocycles. The Bertz CT molecular complexity index is 2690. The van der Waals surface area contributed by atoms with Gasteiger partial charge in [0.15, 0.2) is 0 Å². The number of Topliss-reactive ketones (excluding diaryl/α,β-unsaturated/α-hetero) is 4. The van der Waals surface area contributed by atoms with Crippen LogP contribution in [-0.4, -0.2) is 39.5 Å². The third-order valence-electron chi connectivity index (χ3n) is 10.5. The largest absolute Gasteiger partial charge is 0.481 e. The van der Waals surface area contributed by atoms with Gasteiger partial charge in [-0.3, -0.25) is 19.2 Å². The molecule has 2 atom stereocenters. The summed E-state index contributed by atoms with van der Waals surface area (Å²) in [7, 11) is 0. The number of hydrogen-bond donors (Lipinski definition) is 1. The number of thioether (sulfide) groups is 1. The molecule has 9 rings (SSSR count). The molecule has 0 saturated heterocycles. The third kappa shape index (κ3) is 5.36. The number of ketones is 4. The third-order valence-corrected chi connectivity index (χ3v) is 12.6. The Balaban J connectivity index is 1.05. The number of aromatic nitrogens is 1. The Morgan fingerprint density at radius 2 is 1.29 bits per heavy atom. The molecule has 0 saturated carbocycles. The van der Waals surface area contributed by atoms with E-state index in [1.165, 1.54) is 35.3 Å². The zero-order chi connectivity index (χ0) is 39.7. The fraction of sp³-hybridized carbons (Fsp3) is 0.214. The molecule has 56 heavy (non-hydrogen) atoms. The summed E-state index contributed by atoms with van der Waals surface area (Å²) >= 11 is 2.57. The Morgan fingerprint density at radius 1 is 0.750 bits per heavy atom. The second-order valence-electron chi connectivity index (χ2n) is 15.0. The van der Waals surface area contributed by atoms with Gasteiger partial charge in [-0.2, -0.15) is 0 Å². The maximum absolute atomic E-state index is 14.5. The first-order valence-corrected chi connectivity index (χ1v) is 19.2. The number of thiazole rings is 1. The van der Waals surface area contributed by atoms with E-state index >= 15 is 0 Å². The van der Waals surface area contributed by atoms with E-state index in [1.807, 2.05) is 52.0 Å². The van der Waals surface area contributed by atoms with Crippen molar-refractivity contribution in [3.05, 3.63) is 143 Å². The van der Waals surface area contributed by atoms with Crippen LogP contribution in [0, 0.1) is 35.1 Å². The number of nitrogens with two attached hydrogens (primary N) is 1. The lowest BCUT2D eigenvalue weighted by molar-refractivity contribution is -0.110. The Hall–Kier alpha value is -5.60. The quantitative estimate of drug-likeness (QED) is 0.158. The first-order valence-electron chi connectivity index (χ1n) is 17.4. The number of allylic oxidation sites excluding steroid dienone is 8. The number of fused-ring (bicyclic) bond motifs is 7. The Kier molecular flexibility index (Phi) is 7.86. The van der Waals surface area contributed by atoms with Crippen LogP contribution in [0.15, 0.2) is 82.3 Å². The van der Waals surface area contributed by atoms with Gasteiger partial charge in [-0.05, 0) is 58.1 Å². The Labute approximate surface area is 324 Å². The van der Waals surface area contributed by atoms with Gasteiger partial charge >= 0.3 is 0 Å². The van der Waals surface area contributed by atoms with Crippen molar-refractivity contribution in [2.45, 2.75) is 38.9 Å². The SMILES string of the molecule is CC1(C)OC2=CC3C=C4C(=CC3C=C2C(SC/C=C2\C(=O)C(=O)c3c(F)cc(F)cc32)=C1N)OC(C)(C)c1nc(/C=C2\C(=O)C(=O)c3c(F)cc(F)cc32)sc14. The molecule has 0 radical (unpaired) electrons. The van der Waals surface area contributed by atoms with Gasteiger partial charge < -0.3 is 15.2 Å². The van der Waals surface area contributed by atoms with E-state index < -0.39 is 68.7 Å². The van der Waals surface area contributed by atoms with Gasteiger partial charge in [0.2, 0.25) is 23.1 Å². The molecular weight excluding hydrogens is 769 g/mol. The maximum atomic E-state index is 14.5. The van der Waals surface area contributed by atoms with E-state index in [4.69, 9.17) is 20.2 Å². The van der Waals surface area contributed by atoms with Crippen LogP contribution in [0.1, 0.15) is 75.1 Å². The molecule has 0 spiro atoms. The van der Waals surface area contributed by atoms with Crippen LogP contribution < -0.4 is 5.73 Å². The molecule has 0 fully saturated rings. The van der Waals surface area contributed by atoms with Crippen LogP contribution in [0.4, 0.5) is 17.6 Å². The van der Waals surface area contributed by atoms with Crippen molar-refractivity contribution in [2.75, 3.05) is 5.75 Å². The summed E-state index contributed by atoms with van der Waals surface area (Å²) in [5, 5.41) is 0.353. The average molecular weight is 797 g/mol. The van der Waals surface area contributed by atoms with Crippen LogP contribution in [-0.2, 0) is 24.7 Å². The zero-order valence-electron chi connectivity index (χ0n) is 29.9. The van der Waals surface area contributed by atoms with Crippen LogP contribution >= 0.6 is 23.1 Å². The van der Waals surface area contributed by atoms with E-state index in [9.17, 15) is 36.7 Å². The summed E-state index contributed by atoms with van der Waals surface area (Å²) in [4.78, 5) is 57.1. The Morgan fingerprint density at radius 3 is 1.91 bits per heavy atom. The van der Waals surface area contributed by atoms with Gasteiger partial charge in [0.05, 0.1) is 21.7 Å². The van der Waals surface area contributed by atoms with Gasteiger partial charge in [0.25, 0.3) is 0 Å². The zero-order valence-corrected chi connectivity index (χ0v) is 31.6. The highest BCUT2D eigenvalue weighted by atomic mass is 32.2. The highest BCUT2D eigenvalue weighted by Gasteiger charge is 2.44. The molecule has 14 heteroatoms. The molecule has 8 nitrogen and oxygen atoms in total. The van der Waals surface area contributed by atoms with Crippen molar-refractivity contribution in [1.82, 2.24) is 4.98 Å². The number of ether oxygens (including phenoxy) is 2. The second-order valence-corrected chi connectivity index (χ2v) is 17.1. The summed E-state index contributed by atoms with van der Waals surface area (Å²) in [6, 6.07) is 3.10. The number of carbonyl (C=O) groups excluding carboxylic acids is 4. The number of halogens is 4. The predicted molar refractivity (Wildman–Crippen MR) is 202 cm³/mol. The predicted octanol–water partition coefficient (Wildman–Crippen LogP) is 8.17. The number of rotatable bonds is 4. The second kappa shape index (κ2) is 12.2.